The third-order valence-corrected chi connectivity index (χ3v) is 8.55. The van der Waals surface area contributed by atoms with Crippen LogP contribution in [0.15, 0.2) is 93.8 Å². The number of unbranched alkanes of at least 4 members (excludes halogenated alkanes) is 4. The fourth-order valence-electron chi connectivity index (χ4n) is 5.85. The van der Waals surface area contributed by atoms with Crippen molar-refractivity contribution in [1.29, 1.82) is 0 Å². The molecule has 0 bridgehead atoms. The van der Waals surface area contributed by atoms with Crippen molar-refractivity contribution in [1.82, 2.24) is 19.9 Å². The van der Waals surface area contributed by atoms with Gasteiger partial charge in [0.05, 0.1) is 37.0 Å². The number of hydrogen-bond donors (Lipinski definition) is 2. The Bertz CT molecular complexity index is 1690. The van der Waals surface area contributed by atoms with Crippen molar-refractivity contribution >= 4 is 23.6 Å². The number of aromatic amines is 2. The Hall–Kier alpha value is -4.36. The molecule has 6 rings (SSSR count). The maximum absolute atomic E-state index is 5.48. The van der Waals surface area contributed by atoms with E-state index < -0.39 is 0 Å². The van der Waals surface area contributed by atoms with Gasteiger partial charge in [-0.25, -0.2) is 9.98 Å². The minimum Gasteiger partial charge on any atom is -0.661 e. The average Bonchev–Trinajstić information content (AvgIpc) is 3.93. The van der Waals surface area contributed by atoms with Gasteiger partial charge in [-0.15, -0.1) is 11.4 Å². The number of rotatable bonds is 14. The smallest absolute Gasteiger partial charge is 0.661 e. The molecule has 0 atom stereocenters. The largest absolute Gasteiger partial charge is 2.00 e. The number of nitrogens with one attached hydrogen (secondary N) is 2. The van der Waals surface area contributed by atoms with Crippen LogP contribution in [-0.4, -0.2) is 35.6 Å². The number of allylic oxidation sites excluding steroid dienone is 2. The normalized spacial score (nSPS) is 15.4. The SMILES string of the molecule is CCCCCc1cc(C=C2N=C(c3ccc[nH]3)C=C2OC)[n-]c1C.CCCCCc1cc(C=C2N=C(c3ccc[nH]3)C=C2OC)[n-]c1C.[Zn+2]. The van der Waals surface area contributed by atoms with E-state index in [0.717, 1.165) is 81.3 Å². The third kappa shape index (κ3) is 9.85. The van der Waals surface area contributed by atoms with E-state index in [-0.39, 0.29) is 19.5 Å². The number of aryl methyl sites for hydroxylation is 4. The first-order valence-electron chi connectivity index (χ1n) is 17.1. The van der Waals surface area contributed by atoms with Crippen LogP contribution in [-0.2, 0) is 41.8 Å². The zero-order chi connectivity index (χ0) is 33.9. The Kier molecular flexibility index (Phi) is 14.1. The van der Waals surface area contributed by atoms with E-state index >= 15 is 0 Å². The van der Waals surface area contributed by atoms with Crippen LogP contribution >= 0.6 is 0 Å². The summed E-state index contributed by atoms with van der Waals surface area (Å²) in [6.45, 7) is 8.62. The van der Waals surface area contributed by atoms with Gasteiger partial charge in [-0.2, -0.15) is 11.4 Å². The molecule has 4 aromatic heterocycles. The van der Waals surface area contributed by atoms with E-state index in [0.29, 0.717) is 0 Å². The Morgan fingerprint density at radius 3 is 1.45 bits per heavy atom. The predicted molar refractivity (Wildman–Crippen MR) is 196 cm³/mol. The Balaban J connectivity index is 0.000000216. The molecule has 9 heteroatoms. The van der Waals surface area contributed by atoms with Crippen LogP contribution < -0.4 is 9.97 Å². The number of hydrogen-bond acceptors (Lipinski definition) is 4. The topological polar surface area (TPSA) is 103 Å². The number of ether oxygens (including phenoxy) is 2. The third-order valence-electron chi connectivity index (χ3n) is 8.55. The van der Waals surface area contributed by atoms with Crippen LogP contribution in [0.25, 0.3) is 12.2 Å². The number of methoxy groups -OCH3 is 2. The molecule has 49 heavy (non-hydrogen) atoms. The van der Waals surface area contributed by atoms with Gasteiger partial charge < -0.3 is 29.4 Å². The molecule has 0 fully saturated rings. The first kappa shape index (κ1) is 37.5. The molecule has 4 aromatic rings. The summed E-state index contributed by atoms with van der Waals surface area (Å²) < 4.78 is 11.0. The minimum atomic E-state index is 0. The van der Waals surface area contributed by atoms with Crippen molar-refractivity contribution in [2.75, 3.05) is 14.2 Å². The van der Waals surface area contributed by atoms with Gasteiger partial charge in [0.15, 0.2) is 0 Å². The monoisotopic (exact) mass is 708 g/mol. The van der Waals surface area contributed by atoms with Gasteiger partial charge in [-0.05, 0) is 62.1 Å². The molecule has 0 aromatic carbocycles. The van der Waals surface area contributed by atoms with Crippen molar-refractivity contribution < 1.29 is 29.0 Å². The zero-order valence-electron chi connectivity index (χ0n) is 29.9. The molecule has 0 saturated heterocycles. The molecule has 0 saturated carbocycles. The summed E-state index contributed by atoms with van der Waals surface area (Å²) in [5, 5.41) is 0. The average molecular weight is 710 g/mol. The van der Waals surface area contributed by atoms with Gasteiger partial charge >= 0.3 is 19.5 Å². The second kappa shape index (κ2) is 18.4. The number of nitrogens with zero attached hydrogens (tertiary/aromatic N) is 4. The van der Waals surface area contributed by atoms with Crippen molar-refractivity contribution in [3.8, 4) is 0 Å². The van der Waals surface area contributed by atoms with Gasteiger partial charge in [0.1, 0.15) is 22.9 Å². The first-order valence-corrected chi connectivity index (χ1v) is 17.1. The standard InChI is InChI=1S/2C20H24N3O.Zn/c2*1-4-5-6-8-15-11-16(22-14(15)2)12-19-20(24-3)13-18(23-19)17-9-7-10-21-17;/h2*7,9-13,21H,4-6,8H2,1-3H3;/q2*-1;+2. The maximum Gasteiger partial charge on any atom is 2.00 e. The van der Waals surface area contributed by atoms with Crippen molar-refractivity contribution in [2.24, 2.45) is 9.98 Å². The minimum absolute atomic E-state index is 0. The van der Waals surface area contributed by atoms with E-state index in [9.17, 15) is 0 Å². The van der Waals surface area contributed by atoms with E-state index in [1.54, 1.807) is 14.2 Å². The number of aliphatic imine (C=N–C) groups is 2. The molecule has 252 valence electrons. The molecule has 0 unspecified atom stereocenters. The molecule has 6 heterocycles. The molecule has 0 spiro atoms. The summed E-state index contributed by atoms with van der Waals surface area (Å²) in [4.78, 5) is 25.1. The maximum atomic E-state index is 5.48. The summed E-state index contributed by atoms with van der Waals surface area (Å²) in [7, 11) is 3.35. The Morgan fingerprint density at radius 1 is 0.673 bits per heavy atom. The number of aromatic nitrogens is 4. The Morgan fingerprint density at radius 2 is 1.10 bits per heavy atom. The van der Waals surface area contributed by atoms with E-state index in [1.165, 1.54) is 49.7 Å². The fourth-order valence-corrected chi connectivity index (χ4v) is 5.85. The molecule has 2 aliphatic rings. The van der Waals surface area contributed by atoms with Gasteiger partial charge in [0.25, 0.3) is 0 Å². The summed E-state index contributed by atoms with van der Waals surface area (Å²) in [6.07, 6.45) is 21.3. The molecule has 0 amide bonds. The van der Waals surface area contributed by atoms with E-state index in [4.69, 9.17) is 9.47 Å². The number of H-pyrrole nitrogens is 2. The van der Waals surface area contributed by atoms with Crippen molar-refractivity contribution in [3.05, 3.63) is 129 Å². The van der Waals surface area contributed by atoms with Crippen molar-refractivity contribution in [3.63, 3.8) is 0 Å². The molecular weight excluding hydrogens is 662 g/mol. The molecular formula is C40H48N6O2Zn. The van der Waals surface area contributed by atoms with Crippen LogP contribution in [0.2, 0.25) is 0 Å². The van der Waals surface area contributed by atoms with Gasteiger partial charge in [-0.3, -0.25) is 0 Å². The molecule has 2 N–H and O–H groups in total. The fraction of sp³-hybridized carbons (Fsp3) is 0.350. The predicted octanol–water partition coefficient (Wildman–Crippen LogP) is 8.77. The van der Waals surface area contributed by atoms with E-state index in [2.05, 4.69) is 69.7 Å². The van der Waals surface area contributed by atoms with Crippen LogP contribution in [0.3, 0.4) is 0 Å². The molecule has 2 aliphatic heterocycles. The second-order valence-corrected chi connectivity index (χ2v) is 12.1. The molecule has 0 aliphatic carbocycles. The van der Waals surface area contributed by atoms with Crippen LogP contribution in [0.1, 0.15) is 97.7 Å². The first-order chi connectivity index (χ1) is 23.4. The van der Waals surface area contributed by atoms with Gasteiger partial charge in [0.2, 0.25) is 0 Å². The molecule has 8 nitrogen and oxygen atoms in total. The van der Waals surface area contributed by atoms with Gasteiger partial charge in [0, 0.05) is 24.5 Å². The quantitative estimate of drug-likeness (QED) is 0.101. The van der Waals surface area contributed by atoms with Crippen LogP contribution in [0, 0.1) is 13.8 Å². The Labute approximate surface area is 303 Å². The second-order valence-electron chi connectivity index (χ2n) is 12.1. The summed E-state index contributed by atoms with van der Waals surface area (Å²) >= 11 is 0. The summed E-state index contributed by atoms with van der Waals surface area (Å²) in [5.41, 5.74) is 12.2. The van der Waals surface area contributed by atoms with Crippen molar-refractivity contribution in [2.45, 2.75) is 79.1 Å². The summed E-state index contributed by atoms with van der Waals surface area (Å²) in [6, 6.07) is 12.3. The van der Waals surface area contributed by atoms with Gasteiger partial charge in [-0.1, -0.05) is 76.6 Å². The molecule has 0 radical (unpaired) electrons. The van der Waals surface area contributed by atoms with Crippen LogP contribution in [0.4, 0.5) is 0 Å². The summed E-state index contributed by atoms with van der Waals surface area (Å²) in [5.74, 6) is 1.54. The van der Waals surface area contributed by atoms with E-state index in [1.807, 2.05) is 61.0 Å². The zero-order valence-corrected chi connectivity index (χ0v) is 32.9. The van der Waals surface area contributed by atoms with Crippen LogP contribution in [0.5, 0.6) is 0 Å².